The molecule has 8 nitrogen and oxygen atoms in total. The predicted molar refractivity (Wildman–Crippen MR) is 148 cm³/mol. The Morgan fingerprint density at radius 3 is 2.16 bits per heavy atom. The van der Waals surface area contributed by atoms with E-state index in [0.717, 1.165) is 22.4 Å². The number of benzene rings is 3. The number of aromatic amines is 1. The Morgan fingerprint density at radius 2 is 1.61 bits per heavy atom. The number of carbonyl (C=O) groups is 2. The van der Waals surface area contributed by atoms with Crippen molar-refractivity contribution in [1.82, 2.24) is 15.3 Å². The topological polar surface area (TPSA) is 122 Å². The molecule has 0 saturated carbocycles. The van der Waals surface area contributed by atoms with Crippen molar-refractivity contribution in [3.8, 4) is 5.75 Å². The fourth-order valence-corrected chi connectivity index (χ4v) is 4.41. The summed E-state index contributed by atoms with van der Waals surface area (Å²) >= 11 is 0. The van der Waals surface area contributed by atoms with Crippen LogP contribution in [-0.2, 0) is 16.1 Å². The van der Waals surface area contributed by atoms with Crippen LogP contribution in [0.4, 0.5) is 5.95 Å². The number of anilines is 1. The van der Waals surface area contributed by atoms with E-state index >= 15 is 0 Å². The molecule has 8 heteroatoms. The maximum atomic E-state index is 14.3. The molecular formula is C30H33N5O3. The molecule has 38 heavy (non-hydrogen) atoms. The minimum absolute atomic E-state index is 0.157. The van der Waals surface area contributed by atoms with E-state index in [2.05, 4.69) is 20.6 Å². The van der Waals surface area contributed by atoms with Crippen LogP contribution in [0.1, 0.15) is 35.4 Å². The molecule has 0 aliphatic heterocycles. The van der Waals surface area contributed by atoms with E-state index in [1.807, 2.05) is 84.9 Å². The number of H-pyrrole nitrogens is 1. The predicted octanol–water partition coefficient (Wildman–Crippen LogP) is 4.03. The first-order valence-electron chi connectivity index (χ1n) is 12.6. The average molecular weight is 512 g/mol. The first-order valence-corrected chi connectivity index (χ1v) is 12.6. The van der Waals surface area contributed by atoms with Crippen molar-refractivity contribution < 1.29 is 14.3 Å². The van der Waals surface area contributed by atoms with Crippen LogP contribution in [0.3, 0.4) is 0 Å². The van der Waals surface area contributed by atoms with Gasteiger partial charge in [-0.2, -0.15) is 0 Å². The first-order chi connectivity index (χ1) is 18.5. The van der Waals surface area contributed by atoms with E-state index in [0.29, 0.717) is 18.9 Å². The summed E-state index contributed by atoms with van der Waals surface area (Å²) in [5, 5.41) is 6.06. The van der Waals surface area contributed by atoms with Gasteiger partial charge in [0.05, 0.1) is 13.0 Å². The molecule has 0 radical (unpaired) electrons. The van der Waals surface area contributed by atoms with Gasteiger partial charge in [0, 0.05) is 25.5 Å². The molecule has 0 spiro atoms. The summed E-state index contributed by atoms with van der Waals surface area (Å²) in [6.07, 6.45) is 4.01. The van der Waals surface area contributed by atoms with Gasteiger partial charge in [0.25, 0.3) is 0 Å². The number of hydrogen-bond donors (Lipinski definition) is 4. The van der Waals surface area contributed by atoms with E-state index in [4.69, 9.17) is 10.5 Å². The number of amides is 1. The standard InChI is InChI=1S/C30H33N5O3/c1-38-25-15-13-22(14-16-25)21-35-28(37)30(31,17-8-18-32-29-33-19-20-34-29)27(36)26(23-9-4-2-5-10-23)24-11-6-3-7-12-24/h2-7,9-16,19-20,26H,8,17-18,21,31H2,1H3,(H,35,37)(H2,32,33,34)/t30-/m1/s1. The fourth-order valence-electron chi connectivity index (χ4n) is 4.41. The summed E-state index contributed by atoms with van der Waals surface area (Å²) in [6.45, 7) is 0.730. The van der Waals surface area contributed by atoms with Gasteiger partial charge in [-0.3, -0.25) is 9.59 Å². The number of ketones is 1. The summed E-state index contributed by atoms with van der Waals surface area (Å²) in [7, 11) is 1.60. The van der Waals surface area contributed by atoms with E-state index < -0.39 is 17.4 Å². The second-order valence-electron chi connectivity index (χ2n) is 9.09. The van der Waals surface area contributed by atoms with Crippen LogP contribution in [0.15, 0.2) is 97.3 Å². The number of Topliss-reactive ketones (excluding diaryl/α,β-unsaturated/α-hetero) is 1. The summed E-state index contributed by atoms with van der Waals surface area (Å²) in [6, 6.07) is 26.3. The zero-order chi connectivity index (χ0) is 26.8. The Kier molecular flexibility index (Phi) is 8.89. The highest BCUT2D eigenvalue weighted by Gasteiger charge is 2.45. The third-order valence-corrected chi connectivity index (χ3v) is 6.52. The monoisotopic (exact) mass is 511 g/mol. The van der Waals surface area contributed by atoms with Gasteiger partial charge in [0.1, 0.15) is 5.75 Å². The third-order valence-electron chi connectivity index (χ3n) is 6.52. The number of hydrogen-bond acceptors (Lipinski definition) is 6. The first kappa shape index (κ1) is 26.6. The van der Waals surface area contributed by atoms with Gasteiger partial charge in [0.2, 0.25) is 5.91 Å². The van der Waals surface area contributed by atoms with Gasteiger partial charge in [-0.15, -0.1) is 0 Å². The summed E-state index contributed by atoms with van der Waals surface area (Å²) in [5.41, 5.74) is 7.49. The van der Waals surface area contributed by atoms with Crippen LogP contribution < -0.4 is 21.1 Å². The maximum Gasteiger partial charge on any atom is 0.248 e. The number of methoxy groups -OCH3 is 1. The molecule has 0 fully saturated rings. The fraction of sp³-hybridized carbons (Fsp3) is 0.233. The van der Waals surface area contributed by atoms with Gasteiger partial charge in [0.15, 0.2) is 17.3 Å². The Morgan fingerprint density at radius 1 is 0.974 bits per heavy atom. The molecule has 3 aromatic carbocycles. The van der Waals surface area contributed by atoms with Gasteiger partial charge in [-0.1, -0.05) is 72.8 Å². The molecule has 196 valence electrons. The highest BCUT2D eigenvalue weighted by atomic mass is 16.5. The van der Waals surface area contributed by atoms with Crippen molar-refractivity contribution in [2.45, 2.75) is 30.8 Å². The van der Waals surface area contributed by atoms with Crippen molar-refractivity contribution in [2.75, 3.05) is 19.0 Å². The summed E-state index contributed by atoms with van der Waals surface area (Å²) in [5.74, 6) is -0.198. The van der Waals surface area contributed by atoms with Crippen LogP contribution >= 0.6 is 0 Å². The molecule has 0 saturated heterocycles. The van der Waals surface area contributed by atoms with Crippen LogP contribution in [0, 0.1) is 0 Å². The molecule has 4 aromatic rings. The second kappa shape index (κ2) is 12.7. The Hall–Kier alpha value is -4.43. The number of rotatable bonds is 13. The van der Waals surface area contributed by atoms with E-state index in [1.54, 1.807) is 19.5 Å². The quantitative estimate of drug-likeness (QED) is 0.159. The van der Waals surface area contributed by atoms with Crippen molar-refractivity contribution in [3.05, 3.63) is 114 Å². The van der Waals surface area contributed by atoms with Gasteiger partial charge >= 0.3 is 0 Å². The van der Waals surface area contributed by atoms with E-state index in [-0.39, 0.29) is 18.7 Å². The highest BCUT2D eigenvalue weighted by Crippen LogP contribution is 2.31. The van der Waals surface area contributed by atoms with E-state index in [1.165, 1.54) is 0 Å². The molecule has 5 N–H and O–H groups in total. The smallest absolute Gasteiger partial charge is 0.248 e. The normalized spacial score (nSPS) is 12.5. The second-order valence-corrected chi connectivity index (χ2v) is 9.09. The number of nitrogens with one attached hydrogen (secondary N) is 3. The zero-order valence-electron chi connectivity index (χ0n) is 21.4. The third kappa shape index (κ3) is 6.46. The van der Waals surface area contributed by atoms with Crippen LogP contribution in [0.2, 0.25) is 0 Å². The molecule has 0 bridgehead atoms. The largest absolute Gasteiger partial charge is 0.497 e. The van der Waals surface area contributed by atoms with Gasteiger partial charge in [-0.05, 0) is 41.7 Å². The molecule has 1 atom stereocenters. The minimum atomic E-state index is -1.76. The molecule has 4 rings (SSSR count). The van der Waals surface area contributed by atoms with Crippen LogP contribution in [0.5, 0.6) is 5.75 Å². The molecule has 0 unspecified atom stereocenters. The molecular weight excluding hydrogens is 478 g/mol. The lowest BCUT2D eigenvalue weighted by molar-refractivity contribution is -0.136. The lowest BCUT2D eigenvalue weighted by Crippen LogP contribution is -2.61. The van der Waals surface area contributed by atoms with Gasteiger partial charge < -0.3 is 26.1 Å². The van der Waals surface area contributed by atoms with Crippen LogP contribution in [-0.4, -0.2) is 40.9 Å². The number of carbonyl (C=O) groups excluding carboxylic acids is 2. The Labute approximate surface area is 222 Å². The number of imidazole rings is 1. The SMILES string of the molecule is COc1ccc(CNC(=O)[C@@](N)(CCCNc2ncc[nH]2)C(=O)C(c2ccccc2)c2ccccc2)cc1. The zero-order valence-corrected chi connectivity index (χ0v) is 21.4. The lowest BCUT2D eigenvalue weighted by Gasteiger charge is -2.31. The Balaban J connectivity index is 1.58. The van der Waals surface area contributed by atoms with Crippen LogP contribution in [0.25, 0.3) is 0 Å². The molecule has 1 amide bonds. The number of nitrogens with zero attached hydrogens (tertiary/aromatic N) is 1. The van der Waals surface area contributed by atoms with Crippen molar-refractivity contribution in [2.24, 2.45) is 5.73 Å². The number of ether oxygens (including phenoxy) is 1. The van der Waals surface area contributed by atoms with Crippen molar-refractivity contribution in [1.29, 1.82) is 0 Å². The molecule has 0 aliphatic rings. The van der Waals surface area contributed by atoms with E-state index in [9.17, 15) is 9.59 Å². The Bertz CT molecular complexity index is 1260. The highest BCUT2D eigenvalue weighted by molar-refractivity contribution is 6.13. The minimum Gasteiger partial charge on any atom is -0.497 e. The number of aromatic nitrogens is 2. The van der Waals surface area contributed by atoms with Crippen molar-refractivity contribution >= 4 is 17.6 Å². The van der Waals surface area contributed by atoms with Crippen molar-refractivity contribution in [3.63, 3.8) is 0 Å². The lowest BCUT2D eigenvalue weighted by atomic mass is 9.76. The number of nitrogens with two attached hydrogens (primary N) is 1. The molecule has 1 heterocycles. The summed E-state index contributed by atoms with van der Waals surface area (Å²) < 4.78 is 5.21. The molecule has 1 aromatic heterocycles. The molecule has 0 aliphatic carbocycles. The summed E-state index contributed by atoms with van der Waals surface area (Å²) in [4.78, 5) is 35.1. The van der Waals surface area contributed by atoms with Gasteiger partial charge in [-0.25, -0.2) is 4.98 Å². The maximum absolute atomic E-state index is 14.3. The average Bonchev–Trinajstić information content (AvgIpc) is 3.49.